The summed E-state index contributed by atoms with van der Waals surface area (Å²) < 4.78 is 15.4. The molecule has 0 saturated carbocycles. The van der Waals surface area contributed by atoms with Crippen molar-refractivity contribution in [3.05, 3.63) is 58.5 Å². The van der Waals surface area contributed by atoms with Gasteiger partial charge in [-0.05, 0) is 62.2 Å². The van der Waals surface area contributed by atoms with E-state index >= 15 is 0 Å². The zero-order valence-corrected chi connectivity index (χ0v) is 12.6. The molecular formula is C18H15FN2O. The van der Waals surface area contributed by atoms with Gasteiger partial charge in [0.05, 0.1) is 11.1 Å². The third-order valence-corrected chi connectivity index (χ3v) is 4.03. The fraction of sp³-hybridized carbons (Fsp3) is 0.167. The van der Waals surface area contributed by atoms with Gasteiger partial charge in [-0.15, -0.1) is 0 Å². The third-order valence-electron chi connectivity index (χ3n) is 4.03. The highest BCUT2D eigenvalue weighted by Crippen LogP contribution is 2.33. The standard InChI is InChI=1S/C18H15FN2O/c1-10-6-13(4-5-16(10)19)21-12(3)15(9-20)14-8-18(22)11(2)7-17(14)21/h4-8,22H,1-3H3. The van der Waals surface area contributed by atoms with Crippen LogP contribution in [0.3, 0.4) is 0 Å². The van der Waals surface area contributed by atoms with Gasteiger partial charge in [0.15, 0.2) is 0 Å². The van der Waals surface area contributed by atoms with E-state index in [1.807, 2.05) is 24.5 Å². The van der Waals surface area contributed by atoms with Crippen LogP contribution in [0.15, 0.2) is 30.3 Å². The van der Waals surface area contributed by atoms with Crippen molar-refractivity contribution < 1.29 is 9.50 Å². The Labute approximate surface area is 127 Å². The van der Waals surface area contributed by atoms with Gasteiger partial charge in [0.2, 0.25) is 0 Å². The number of aryl methyl sites for hydroxylation is 2. The number of halogens is 1. The topological polar surface area (TPSA) is 48.9 Å². The van der Waals surface area contributed by atoms with Crippen molar-refractivity contribution in [1.82, 2.24) is 4.57 Å². The van der Waals surface area contributed by atoms with Gasteiger partial charge in [0, 0.05) is 16.8 Å². The molecule has 0 saturated heterocycles. The Balaban J connectivity index is 2.43. The van der Waals surface area contributed by atoms with E-state index < -0.39 is 0 Å². The van der Waals surface area contributed by atoms with Crippen LogP contribution in [0.1, 0.15) is 22.4 Å². The van der Waals surface area contributed by atoms with Crippen LogP contribution in [0.4, 0.5) is 4.39 Å². The second-order valence-electron chi connectivity index (χ2n) is 5.50. The summed E-state index contributed by atoms with van der Waals surface area (Å²) in [5.74, 6) is -0.0939. The molecular weight excluding hydrogens is 279 g/mol. The Bertz CT molecular complexity index is 948. The number of benzene rings is 2. The first kappa shape index (κ1) is 14.2. The van der Waals surface area contributed by atoms with Gasteiger partial charge < -0.3 is 9.67 Å². The molecule has 3 nitrogen and oxygen atoms in total. The molecule has 110 valence electrons. The van der Waals surface area contributed by atoms with Gasteiger partial charge in [0.1, 0.15) is 17.6 Å². The molecule has 4 heteroatoms. The van der Waals surface area contributed by atoms with Crippen LogP contribution in [0.25, 0.3) is 16.6 Å². The first-order chi connectivity index (χ1) is 10.4. The van der Waals surface area contributed by atoms with Gasteiger partial charge in [-0.25, -0.2) is 4.39 Å². The van der Waals surface area contributed by atoms with E-state index in [1.165, 1.54) is 6.07 Å². The number of hydrogen-bond acceptors (Lipinski definition) is 2. The molecule has 22 heavy (non-hydrogen) atoms. The smallest absolute Gasteiger partial charge is 0.126 e. The maximum atomic E-state index is 13.5. The minimum absolute atomic E-state index is 0.163. The number of fused-ring (bicyclic) bond motifs is 1. The van der Waals surface area contributed by atoms with E-state index in [0.717, 1.165) is 22.5 Å². The predicted molar refractivity (Wildman–Crippen MR) is 83.8 cm³/mol. The molecule has 0 bridgehead atoms. The van der Waals surface area contributed by atoms with Crippen molar-refractivity contribution in [2.24, 2.45) is 0 Å². The molecule has 0 aliphatic heterocycles. The average molecular weight is 294 g/mol. The lowest BCUT2D eigenvalue weighted by molar-refractivity contribution is 0.472. The maximum absolute atomic E-state index is 13.5. The molecule has 0 spiro atoms. The predicted octanol–water partition coefficient (Wildman–Crippen LogP) is 4.27. The van der Waals surface area contributed by atoms with Gasteiger partial charge in [-0.1, -0.05) is 0 Å². The Hall–Kier alpha value is -2.80. The van der Waals surface area contributed by atoms with E-state index in [0.29, 0.717) is 16.5 Å². The molecule has 0 radical (unpaired) electrons. The molecule has 0 aliphatic rings. The van der Waals surface area contributed by atoms with Gasteiger partial charge in [-0.2, -0.15) is 5.26 Å². The number of hydrogen-bond donors (Lipinski definition) is 1. The monoisotopic (exact) mass is 294 g/mol. The fourth-order valence-electron chi connectivity index (χ4n) is 2.80. The van der Waals surface area contributed by atoms with Crippen LogP contribution in [0.2, 0.25) is 0 Å². The highest BCUT2D eigenvalue weighted by molar-refractivity contribution is 5.91. The van der Waals surface area contributed by atoms with Gasteiger partial charge in [0.25, 0.3) is 0 Å². The minimum atomic E-state index is -0.257. The van der Waals surface area contributed by atoms with E-state index in [4.69, 9.17) is 0 Å². The lowest BCUT2D eigenvalue weighted by Gasteiger charge is -2.10. The van der Waals surface area contributed by atoms with Crippen molar-refractivity contribution in [3.63, 3.8) is 0 Å². The fourth-order valence-corrected chi connectivity index (χ4v) is 2.80. The molecule has 3 aromatic rings. The number of nitrogens with zero attached hydrogens (tertiary/aromatic N) is 2. The van der Waals surface area contributed by atoms with E-state index in [9.17, 15) is 14.8 Å². The molecule has 1 aromatic heterocycles. The molecule has 0 aliphatic carbocycles. The van der Waals surface area contributed by atoms with Gasteiger partial charge >= 0.3 is 0 Å². The summed E-state index contributed by atoms with van der Waals surface area (Å²) in [6, 6.07) is 10.5. The molecule has 1 N–H and O–H groups in total. The van der Waals surface area contributed by atoms with Crippen molar-refractivity contribution in [1.29, 1.82) is 5.26 Å². The highest BCUT2D eigenvalue weighted by atomic mass is 19.1. The molecule has 0 amide bonds. The second-order valence-corrected chi connectivity index (χ2v) is 5.50. The molecule has 0 fully saturated rings. The summed E-state index contributed by atoms with van der Waals surface area (Å²) >= 11 is 0. The number of nitriles is 1. The van der Waals surface area contributed by atoms with Crippen molar-refractivity contribution in [2.75, 3.05) is 0 Å². The summed E-state index contributed by atoms with van der Waals surface area (Å²) in [5, 5.41) is 20.0. The number of phenolic OH excluding ortho intramolecular Hbond substituents is 1. The number of rotatable bonds is 1. The number of phenols is 1. The first-order valence-corrected chi connectivity index (χ1v) is 6.95. The Kier molecular flexibility index (Phi) is 3.14. The normalized spacial score (nSPS) is 10.9. The van der Waals surface area contributed by atoms with E-state index in [1.54, 1.807) is 25.1 Å². The summed E-state index contributed by atoms with van der Waals surface area (Å²) in [7, 11) is 0. The SMILES string of the molecule is Cc1cc2c(cc1O)c(C#N)c(C)n2-c1ccc(F)c(C)c1. The second kappa shape index (κ2) is 4.88. The zero-order chi connectivity index (χ0) is 16.0. The summed E-state index contributed by atoms with van der Waals surface area (Å²) in [6.07, 6.45) is 0. The maximum Gasteiger partial charge on any atom is 0.126 e. The third kappa shape index (κ3) is 1.94. The van der Waals surface area contributed by atoms with Crippen LogP contribution in [0, 0.1) is 37.9 Å². The summed E-state index contributed by atoms with van der Waals surface area (Å²) in [4.78, 5) is 0. The van der Waals surface area contributed by atoms with E-state index in [2.05, 4.69) is 6.07 Å². The van der Waals surface area contributed by atoms with Crippen LogP contribution >= 0.6 is 0 Å². The summed E-state index contributed by atoms with van der Waals surface area (Å²) in [6.45, 7) is 5.37. The van der Waals surface area contributed by atoms with Crippen molar-refractivity contribution in [3.8, 4) is 17.5 Å². The Morgan fingerprint density at radius 1 is 1.09 bits per heavy atom. The summed E-state index contributed by atoms with van der Waals surface area (Å²) in [5.41, 5.74) is 4.20. The zero-order valence-electron chi connectivity index (χ0n) is 12.6. The highest BCUT2D eigenvalue weighted by Gasteiger charge is 2.17. The average Bonchev–Trinajstić information content (AvgIpc) is 2.74. The molecule has 0 unspecified atom stereocenters. The van der Waals surface area contributed by atoms with Crippen molar-refractivity contribution >= 4 is 10.9 Å². The van der Waals surface area contributed by atoms with Crippen LogP contribution < -0.4 is 0 Å². The first-order valence-electron chi connectivity index (χ1n) is 6.95. The molecule has 3 rings (SSSR count). The number of aromatic nitrogens is 1. The number of aromatic hydroxyl groups is 1. The lowest BCUT2D eigenvalue weighted by Crippen LogP contribution is -1.98. The van der Waals surface area contributed by atoms with E-state index in [-0.39, 0.29) is 11.6 Å². The van der Waals surface area contributed by atoms with Crippen LogP contribution in [-0.4, -0.2) is 9.67 Å². The molecule has 2 aromatic carbocycles. The quantitative estimate of drug-likeness (QED) is 0.728. The largest absolute Gasteiger partial charge is 0.508 e. The molecule has 0 atom stereocenters. The minimum Gasteiger partial charge on any atom is -0.508 e. The Morgan fingerprint density at radius 2 is 1.82 bits per heavy atom. The Morgan fingerprint density at radius 3 is 2.45 bits per heavy atom. The lowest BCUT2D eigenvalue weighted by atomic mass is 10.1. The molecule has 1 heterocycles. The van der Waals surface area contributed by atoms with Gasteiger partial charge in [-0.3, -0.25) is 0 Å². The van der Waals surface area contributed by atoms with Crippen LogP contribution in [-0.2, 0) is 0 Å². The van der Waals surface area contributed by atoms with Crippen molar-refractivity contribution in [2.45, 2.75) is 20.8 Å². The van der Waals surface area contributed by atoms with Crippen LogP contribution in [0.5, 0.6) is 5.75 Å².